The van der Waals surface area contributed by atoms with Gasteiger partial charge in [-0.05, 0) is 107 Å². The topological polar surface area (TPSA) is 50.8 Å². The molecule has 2 saturated heterocycles. The zero-order valence-corrected chi connectivity index (χ0v) is 22.5. The Balaban J connectivity index is 1.41. The second-order valence-electron chi connectivity index (χ2n) is 10.2. The second-order valence-corrected chi connectivity index (χ2v) is 10.2. The minimum absolute atomic E-state index is 0.0249. The van der Waals surface area contributed by atoms with Crippen LogP contribution in [0, 0.1) is 13.8 Å². The maximum Gasteiger partial charge on any atom is 0.251 e. The minimum Gasteiger partial charge on any atom is -0.496 e. The van der Waals surface area contributed by atoms with Crippen LogP contribution >= 0.6 is 0 Å². The van der Waals surface area contributed by atoms with Gasteiger partial charge in [0.25, 0.3) is 5.91 Å². The predicted octanol–water partition coefficient (Wildman–Crippen LogP) is 6.66. The van der Waals surface area contributed by atoms with E-state index in [1.807, 2.05) is 56.3 Å². The number of amides is 1. The molecule has 36 heavy (non-hydrogen) atoms. The lowest BCUT2D eigenvalue weighted by Crippen LogP contribution is -2.51. The predicted molar refractivity (Wildman–Crippen MR) is 146 cm³/mol. The van der Waals surface area contributed by atoms with Crippen LogP contribution in [0.1, 0.15) is 79.5 Å². The molecular weight excluding hydrogens is 448 g/mol. The largest absolute Gasteiger partial charge is 0.496 e. The first-order chi connectivity index (χ1) is 17.3. The van der Waals surface area contributed by atoms with Crippen LogP contribution in [0.15, 0.2) is 60.4 Å². The van der Waals surface area contributed by atoms with Gasteiger partial charge in [-0.2, -0.15) is 0 Å². The number of carbonyl (C=O) groups is 1. The van der Waals surface area contributed by atoms with E-state index in [1.54, 1.807) is 7.11 Å². The first-order valence-electron chi connectivity index (χ1n) is 13.1. The molecule has 1 amide bonds. The molecule has 0 radical (unpaired) electrons. The molecule has 2 aromatic carbocycles. The Hall–Kier alpha value is -3.05. The third-order valence-corrected chi connectivity index (χ3v) is 7.92. The molecule has 5 heteroatoms. The number of nitrogens with zero attached hydrogens (tertiary/aromatic N) is 1. The standard InChI is InChI=1S/C31H40N2O3/c1-7-8-10-20(2)36-28-12-9-11-24(17-28)31(34)32-25-18-26-13-14-27(19-25)33(26)23(5)29-15-16-30(35-6)22(4)21(29)3/h7-12,15-17,23,25-27H,13-14,18-19H2,1-6H3,(H,32,34)/b8-7-,20-10+. The van der Waals surface area contributed by atoms with Gasteiger partial charge >= 0.3 is 0 Å². The summed E-state index contributed by atoms with van der Waals surface area (Å²) in [5.74, 6) is 2.38. The summed E-state index contributed by atoms with van der Waals surface area (Å²) < 4.78 is 11.4. The van der Waals surface area contributed by atoms with Gasteiger partial charge in [0.15, 0.2) is 0 Å². The van der Waals surface area contributed by atoms with Crippen molar-refractivity contribution in [3.05, 3.63) is 82.6 Å². The first-order valence-corrected chi connectivity index (χ1v) is 13.1. The number of hydrogen-bond donors (Lipinski definition) is 1. The number of nitrogens with one attached hydrogen (secondary N) is 1. The van der Waals surface area contributed by atoms with Crippen molar-refractivity contribution in [2.75, 3.05) is 7.11 Å². The Morgan fingerprint density at radius 3 is 2.50 bits per heavy atom. The van der Waals surface area contributed by atoms with Gasteiger partial charge in [0, 0.05) is 29.7 Å². The van der Waals surface area contributed by atoms with E-state index in [0.717, 1.165) is 24.4 Å². The molecule has 0 saturated carbocycles. The lowest BCUT2D eigenvalue weighted by molar-refractivity contribution is 0.0689. The van der Waals surface area contributed by atoms with E-state index >= 15 is 0 Å². The van der Waals surface area contributed by atoms with Gasteiger partial charge in [0.05, 0.1) is 7.11 Å². The van der Waals surface area contributed by atoms with E-state index in [9.17, 15) is 4.79 Å². The molecule has 0 spiro atoms. The quantitative estimate of drug-likeness (QED) is 0.334. The molecule has 3 atom stereocenters. The van der Waals surface area contributed by atoms with Crippen LogP contribution < -0.4 is 14.8 Å². The molecule has 0 aromatic heterocycles. The van der Waals surface area contributed by atoms with Gasteiger partial charge in [-0.1, -0.05) is 24.3 Å². The summed E-state index contributed by atoms with van der Waals surface area (Å²) in [4.78, 5) is 15.8. The van der Waals surface area contributed by atoms with E-state index in [-0.39, 0.29) is 11.9 Å². The Morgan fingerprint density at radius 1 is 1.11 bits per heavy atom. The number of fused-ring (bicyclic) bond motifs is 2. The Bertz CT molecular complexity index is 1140. The van der Waals surface area contributed by atoms with Gasteiger partial charge in [-0.25, -0.2) is 0 Å². The molecule has 2 aromatic rings. The van der Waals surface area contributed by atoms with Crippen LogP contribution in [-0.4, -0.2) is 36.0 Å². The summed E-state index contributed by atoms with van der Waals surface area (Å²) in [6.07, 6.45) is 10.2. The van der Waals surface area contributed by atoms with Crippen LogP contribution in [0.4, 0.5) is 0 Å². The lowest BCUT2D eigenvalue weighted by atomic mass is 9.91. The van der Waals surface area contributed by atoms with Gasteiger partial charge in [0.1, 0.15) is 17.3 Å². The van der Waals surface area contributed by atoms with Crippen LogP contribution in [0.5, 0.6) is 11.5 Å². The summed E-state index contributed by atoms with van der Waals surface area (Å²) in [6, 6.07) is 13.3. The van der Waals surface area contributed by atoms with Crippen molar-refractivity contribution < 1.29 is 14.3 Å². The smallest absolute Gasteiger partial charge is 0.251 e. The second kappa shape index (κ2) is 11.3. The number of hydrogen-bond acceptors (Lipinski definition) is 4. The fourth-order valence-electron chi connectivity index (χ4n) is 6.04. The SMILES string of the molecule is C/C=C\C=C(/C)Oc1cccc(C(=O)NC2CC3CCC(C2)N3C(C)c2ccc(OC)c(C)c2C)c1. The maximum atomic E-state index is 13.1. The highest BCUT2D eigenvalue weighted by Gasteiger charge is 2.43. The average Bonchev–Trinajstić information content (AvgIpc) is 3.14. The van der Waals surface area contributed by atoms with E-state index < -0.39 is 0 Å². The molecule has 5 nitrogen and oxygen atoms in total. The average molecular weight is 489 g/mol. The zero-order chi connectivity index (χ0) is 25.8. The van der Waals surface area contributed by atoms with Gasteiger partial charge < -0.3 is 14.8 Å². The third-order valence-electron chi connectivity index (χ3n) is 7.92. The summed E-state index contributed by atoms with van der Waals surface area (Å²) in [5, 5.41) is 3.32. The minimum atomic E-state index is -0.0249. The first kappa shape index (κ1) is 26.0. The third kappa shape index (κ3) is 5.52. The Morgan fingerprint density at radius 2 is 1.83 bits per heavy atom. The molecule has 2 fully saturated rings. The summed E-state index contributed by atoms with van der Waals surface area (Å²) in [6.45, 7) is 10.5. The molecule has 0 aliphatic carbocycles. The van der Waals surface area contributed by atoms with E-state index in [1.165, 1.54) is 29.5 Å². The number of methoxy groups -OCH3 is 1. The van der Waals surface area contributed by atoms with Crippen LogP contribution in [0.25, 0.3) is 0 Å². The van der Waals surface area contributed by atoms with E-state index in [2.05, 4.69) is 43.1 Å². The lowest BCUT2D eigenvalue weighted by Gasteiger charge is -2.43. The molecular formula is C31H40N2O3. The molecule has 2 aliphatic rings. The molecule has 2 heterocycles. The summed E-state index contributed by atoms with van der Waals surface area (Å²) in [7, 11) is 1.73. The normalized spacial score (nSPS) is 23.1. The number of benzene rings is 2. The number of ether oxygens (including phenoxy) is 2. The number of piperidine rings is 1. The van der Waals surface area contributed by atoms with Crippen molar-refractivity contribution in [3.63, 3.8) is 0 Å². The molecule has 4 rings (SSSR count). The molecule has 2 bridgehead atoms. The molecule has 1 N–H and O–H groups in total. The monoisotopic (exact) mass is 488 g/mol. The molecule has 3 unspecified atom stereocenters. The van der Waals surface area contributed by atoms with Crippen molar-refractivity contribution in [1.82, 2.24) is 10.2 Å². The number of allylic oxidation sites excluding steroid dienone is 4. The van der Waals surface area contributed by atoms with Crippen LogP contribution in [-0.2, 0) is 0 Å². The highest BCUT2D eigenvalue weighted by Crippen LogP contribution is 2.43. The van der Waals surface area contributed by atoms with E-state index in [4.69, 9.17) is 9.47 Å². The van der Waals surface area contributed by atoms with Crippen molar-refractivity contribution >= 4 is 5.91 Å². The number of rotatable bonds is 8. The molecule has 2 aliphatic heterocycles. The fraction of sp³-hybridized carbons (Fsp3) is 0.452. The summed E-state index contributed by atoms with van der Waals surface area (Å²) in [5.41, 5.74) is 4.55. The maximum absolute atomic E-state index is 13.1. The highest BCUT2D eigenvalue weighted by molar-refractivity contribution is 5.94. The number of carbonyl (C=O) groups excluding carboxylic acids is 1. The Kier molecular flexibility index (Phi) is 8.20. The van der Waals surface area contributed by atoms with Gasteiger partial charge in [-0.15, -0.1) is 0 Å². The van der Waals surface area contributed by atoms with Gasteiger partial charge in [0.2, 0.25) is 0 Å². The fourth-order valence-corrected chi connectivity index (χ4v) is 6.04. The van der Waals surface area contributed by atoms with Crippen molar-refractivity contribution in [1.29, 1.82) is 0 Å². The van der Waals surface area contributed by atoms with Crippen LogP contribution in [0.2, 0.25) is 0 Å². The summed E-state index contributed by atoms with van der Waals surface area (Å²) >= 11 is 0. The van der Waals surface area contributed by atoms with Gasteiger partial charge in [-0.3, -0.25) is 9.69 Å². The van der Waals surface area contributed by atoms with Crippen molar-refractivity contribution in [3.8, 4) is 11.5 Å². The molecule has 192 valence electrons. The van der Waals surface area contributed by atoms with Crippen LogP contribution in [0.3, 0.4) is 0 Å². The highest BCUT2D eigenvalue weighted by atomic mass is 16.5. The Labute approximate surface area is 216 Å². The van der Waals surface area contributed by atoms with Crippen molar-refractivity contribution in [2.24, 2.45) is 0 Å². The zero-order valence-electron chi connectivity index (χ0n) is 22.5. The van der Waals surface area contributed by atoms with Crippen molar-refractivity contribution in [2.45, 2.75) is 84.5 Å². The van der Waals surface area contributed by atoms with E-state index in [0.29, 0.717) is 29.4 Å².